The molecule has 0 amide bonds. The molecule has 7 nitrogen and oxygen atoms in total. The smallest absolute Gasteiger partial charge is 0.206 e. The summed E-state index contributed by atoms with van der Waals surface area (Å²) in [4.78, 5) is 14.4. The molecule has 0 spiro atoms. The van der Waals surface area contributed by atoms with Crippen LogP contribution in [0, 0.1) is 0 Å². The van der Waals surface area contributed by atoms with Crippen molar-refractivity contribution < 1.29 is 9.90 Å². The maximum absolute atomic E-state index is 11.3. The van der Waals surface area contributed by atoms with Gasteiger partial charge < -0.3 is 10.1 Å². The Bertz CT molecular complexity index is 834. The van der Waals surface area contributed by atoms with Gasteiger partial charge in [-0.1, -0.05) is 29.5 Å². The summed E-state index contributed by atoms with van der Waals surface area (Å²) in [6.07, 6.45) is 5.12. The number of carbonyl (C=O) groups excluding carboxylic acids is 1. The second-order valence-corrected chi connectivity index (χ2v) is 5.47. The van der Waals surface area contributed by atoms with Gasteiger partial charge in [0.25, 0.3) is 0 Å². The first-order chi connectivity index (χ1) is 11.6. The summed E-state index contributed by atoms with van der Waals surface area (Å²) >= 11 is 0. The number of H-pyrrole nitrogens is 2. The summed E-state index contributed by atoms with van der Waals surface area (Å²) in [5, 5.41) is 23.0. The van der Waals surface area contributed by atoms with Crippen LogP contribution in [0.2, 0.25) is 0 Å². The molecule has 122 valence electrons. The number of carbonyl (C=O) groups is 1. The summed E-state index contributed by atoms with van der Waals surface area (Å²) in [6.45, 7) is 1.56. The van der Waals surface area contributed by atoms with Crippen molar-refractivity contribution >= 4 is 11.9 Å². The second-order valence-electron chi connectivity index (χ2n) is 5.47. The third kappa shape index (κ3) is 3.82. The molecule has 3 rings (SSSR count). The van der Waals surface area contributed by atoms with Gasteiger partial charge in [0.05, 0.1) is 0 Å². The molecule has 1 aromatic carbocycles. The normalized spacial score (nSPS) is 12.6. The van der Waals surface area contributed by atoms with Gasteiger partial charge in [-0.25, -0.2) is 0 Å². The van der Waals surface area contributed by atoms with E-state index in [4.69, 9.17) is 0 Å². The quantitative estimate of drug-likeness (QED) is 0.602. The predicted molar refractivity (Wildman–Crippen MR) is 88.2 cm³/mol. The minimum atomic E-state index is -0.908. The Kier molecular flexibility index (Phi) is 4.62. The van der Waals surface area contributed by atoms with Gasteiger partial charge in [0.1, 0.15) is 6.10 Å². The number of aliphatic hydroxyl groups excluding tert-OH is 1. The number of hydrogen-bond donors (Lipinski definition) is 3. The lowest BCUT2D eigenvalue weighted by atomic mass is 10.0. The minimum absolute atomic E-state index is 0.0655. The van der Waals surface area contributed by atoms with Crippen molar-refractivity contribution in [3.05, 3.63) is 70.8 Å². The number of nitrogens with zero attached hydrogens (tertiary/aromatic N) is 3. The summed E-state index contributed by atoms with van der Waals surface area (Å²) in [6, 6.07) is 9.59. The van der Waals surface area contributed by atoms with Crippen molar-refractivity contribution in [2.75, 3.05) is 0 Å². The Morgan fingerprint density at radius 2 is 2.08 bits per heavy atom. The Balaban J connectivity index is 1.64. The molecule has 2 heterocycles. The number of aliphatic hydroxyl groups is 1. The van der Waals surface area contributed by atoms with Crippen molar-refractivity contribution in [1.29, 1.82) is 0 Å². The van der Waals surface area contributed by atoms with E-state index in [1.165, 1.54) is 0 Å². The zero-order chi connectivity index (χ0) is 16.9. The number of ketones is 1. The van der Waals surface area contributed by atoms with Gasteiger partial charge in [-0.15, -0.1) is 10.2 Å². The van der Waals surface area contributed by atoms with Crippen LogP contribution in [0.5, 0.6) is 0 Å². The maximum atomic E-state index is 11.3. The van der Waals surface area contributed by atoms with E-state index < -0.39 is 6.10 Å². The number of aromatic nitrogens is 5. The zero-order valence-electron chi connectivity index (χ0n) is 13.1. The van der Waals surface area contributed by atoms with E-state index in [2.05, 4.69) is 25.6 Å². The molecule has 0 fully saturated rings. The summed E-state index contributed by atoms with van der Waals surface area (Å²) < 4.78 is 0. The molecule has 2 aromatic heterocycles. The molecular weight excluding hydrogens is 306 g/mol. The van der Waals surface area contributed by atoms with E-state index in [0.29, 0.717) is 5.56 Å². The van der Waals surface area contributed by atoms with Crippen LogP contribution in [0.25, 0.3) is 6.08 Å². The molecule has 0 aliphatic heterocycles. The van der Waals surface area contributed by atoms with Gasteiger partial charge in [0.2, 0.25) is 5.82 Å². The number of hydrogen-bond acceptors (Lipinski definition) is 5. The van der Waals surface area contributed by atoms with Gasteiger partial charge in [0.15, 0.2) is 5.78 Å². The Labute approximate surface area is 138 Å². The van der Waals surface area contributed by atoms with Crippen LogP contribution in [0.3, 0.4) is 0 Å². The monoisotopic (exact) mass is 323 g/mol. The van der Waals surface area contributed by atoms with Crippen LogP contribution in [-0.2, 0) is 6.42 Å². The fraction of sp³-hybridized carbons (Fsp3) is 0.176. The van der Waals surface area contributed by atoms with Crippen molar-refractivity contribution in [2.45, 2.75) is 19.4 Å². The summed E-state index contributed by atoms with van der Waals surface area (Å²) in [7, 11) is 0. The highest BCUT2D eigenvalue weighted by Crippen LogP contribution is 2.15. The number of benzene rings is 1. The van der Waals surface area contributed by atoms with Crippen molar-refractivity contribution in [3.63, 3.8) is 0 Å². The zero-order valence-corrected chi connectivity index (χ0v) is 13.1. The van der Waals surface area contributed by atoms with Gasteiger partial charge in [-0.05, 0) is 42.7 Å². The van der Waals surface area contributed by atoms with Crippen molar-refractivity contribution in [3.8, 4) is 0 Å². The molecule has 0 radical (unpaired) electrons. The second kappa shape index (κ2) is 7.01. The van der Waals surface area contributed by atoms with Gasteiger partial charge in [-0.2, -0.15) is 5.21 Å². The topological polar surface area (TPSA) is 108 Å². The lowest BCUT2D eigenvalue weighted by Crippen LogP contribution is -1.95. The Hall–Kier alpha value is -3.06. The molecule has 7 heteroatoms. The number of rotatable bonds is 6. The van der Waals surface area contributed by atoms with Gasteiger partial charge in [0, 0.05) is 17.5 Å². The van der Waals surface area contributed by atoms with E-state index in [1.54, 1.807) is 19.1 Å². The van der Waals surface area contributed by atoms with E-state index in [-0.39, 0.29) is 11.6 Å². The van der Waals surface area contributed by atoms with E-state index in [1.807, 2.05) is 36.5 Å². The number of nitrogens with one attached hydrogen (secondary N) is 2. The lowest BCUT2D eigenvalue weighted by molar-refractivity contribution is 0.101. The predicted octanol–water partition coefficient (Wildman–Crippen LogP) is 2.07. The third-order valence-electron chi connectivity index (χ3n) is 3.62. The summed E-state index contributed by atoms with van der Waals surface area (Å²) in [5.41, 5.74) is 3.82. The van der Waals surface area contributed by atoms with Gasteiger partial charge >= 0.3 is 0 Å². The first kappa shape index (κ1) is 15.8. The standard InChI is InChI=1S/C17H17N5O2/c1-11(23)14-4-2-12(3-5-14)8-13-9-15(18-10-13)6-7-16(24)17-19-21-22-20-17/h2-7,9-10,16,18,24H,8H2,1H3,(H,19,20,21,22). The first-order valence-electron chi connectivity index (χ1n) is 7.48. The fourth-order valence-corrected chi connectivity index (χ4v) is 2.33. The highest BCUT2D eigenvalue weighted by Gasteiger charge is 2.08. The third-order valence-corrected chi connectivity index (χ3v) is 3.62. The molecule has 0 saturated carbocycles. The molecule has 0 aliphatic rings. The maximum Gasteiger partial charge on any atom is 0.206 e. The number of Topliss-reactive ketones (excluding diaryl/α,β-unsaturated/α-hetero) is 1. The molecule has 1 unspecified atom stereocenters. The molecule has 0 bridgehead atoms. The molecular formula is C17H17N5O2. The molecule has 1 atom stereocenters. The van der Waals surface area contributed by atoms with E-state index in [0.717, 1.165) is 23.2 Å². The highest BCUT2D eigenvalue weighted by atomic mass is 16.3. The number of tetrazole rings is 1. The van der Waals surface area contributed by atoms with Crippen LogP contribution in [0.4, 0.5) is 0 Å². The molecule has 3 N–H and O–H groups in total. The van der Waals surface area contributed by atoms with E-state index in [9.17, 15) is 9.90 Å². The van der Waals surface area contributed by atoms with Crippen LogP contribution in [0.1, 0.15) is 46.0 Å². The molecule has 24 heavy (non-hydrogen) atoms. The van der Waals surface area contributed by atoms with Crippen molar-refractivity contribution in [1.82, 2.24) is 25.6 Å². The molecule has 3 aromatic rings. The van der Waals surface area contributed by atoms with Gasteiger partial charge in [-0.3, -0.25) is 4.79 Å². The van der Waals surface area contributed by atoms with Crippen molar-refractivity contribution in [2.24, 2.45) is 0 Å². The minimum Gasteiger partial charge on any atom is -0.381 e. The Morgan fingerprint density at radius 3 is 2.75 bits per heavy atom. The average Bonchev–Trinajstić information content (AvgIpc) is 3.25. The lowest BCUT2D eigenvalue weighted by Gasteiger charge is -2.00. The van der Waals surface area contributed by atoms with Crippen LogP contribution < -0.4 is 0 Å². The average molecular weight is 323 g/mol. The fourth-order valence-electron chi connectivity index (χ4n) is 2.33. The molecule has 0 aliphatic carbocycles. The highest BCUT2D eigenvalue weighted by molar-refractivity contribution is 5.94. The van der Waals surface area contributed by atoms with Crippen LogP contribution in [-0.4, -0.2) is 36.5 Å². The Morgan fingerprint density at radius 1 is 1.29 bits per heavy atom. The largest absolute Gasteiger partial charge is 0.381 e. The molecule has 0 saturated heterocycles. The summed E-state index contributed by atoms with van der Waals surface area (Å²) in [5.74, 6) is 0.291. The van der Waals surface area contributed by atoms with E-state index >= 15 is 0 Å². The number of aromatic amines is 2. The van der Waals surface area contributed by atoms with Crippen LogP contribution in [0.15, 0.2) is 42.6 Å². The first-order valence-corrected chi connectivity index (χ1v) is 7.48. The van der Waals surface area contributed by atoms with Crippen LogP contribution >= 0.6 is 0 Å². The SMILES string of the molecule is CC(=O)c1ccc(Cc2c[nH]c(C=CC(O)c3nn[nH]n3)c2)cc1.